The van der Waals surface area contributed by atoms with Gasteiger partial charge in [-0.2, -0.15) is 0 Å². The van der Waals surface area contributed by atoms with E-state index in [1.54, 1.807) is 12.1 Å². The third-order valence-electron chi connectivity index (χ3n) is 4.29. The minimum absolute atomic E-state index is 0.0854. The second kappa shape index (κ2) is 3.70. The van der Waals surface area contributed by atoms with Crippen LogP contribution in [-0.2, 0) is 0 Å². The largest absolute Gasteiger partial charge is 0.348 e. The zero-order valence-electron chi connectivity index (χ0n) is 10.5. The molecule has 1 saturated carbocycles. The second-order valence-electron chi connectivity index (χ2n) is 5.72. The SMILES string of the molecule is CC1(C)C(NC(=O)c2ccc(Cl)nc2)C1(C)C. The molecule has 0 spiro atoms. The van der Waals surface area contributed by atoms with Crippen LogP contribution in [0.3, 0.4) is 0 Å². The van der Waals surface area contributed by atoms with Crippen molar-refractivity contribution in [2.24, 2.45) is 10.8 Å². The van der Waals surface area contributed by atoms with Gasteiger partial charge in [0.05, 0.1) is 5.56 Å². The van der Waals surface area contributed by atoms with Gasteiger partial charge < -0.3 is 5.32 Å². The predicted octanol–water partition coefficient (Wildman–Crippen LogP) is 2.90. The molecule has 0 aliphatic heterocycles. The molecule has 0 saturated heterocycles. The number of nitrogens with one attached hydrogen (secondary N) is 1. The molecule has 1 heterocycles. The molecule has 17 heavy (non-hydrogen) atoms. The first-order valence-electron chi connectivity index (χ1n) is 5.69. The first-order valence-corrected chi connectivity index (χ1v) is 6.07. The van der Waals surface area contributed by atoms with Crippen LogP contribution in [0.5, 0.6) is 0 Å². The van der Waals surface area contributed by atoms with E-state index in [1.165, 1.54) is 6.20 Å². The highest BCUT2D eigenvalue weighted by molar-refractivity contribution is 6.29. The topological polar surface area (TPSA) is 42.0 Å². The number of carbonyl (C=O) groups is 1. The van der Waals surface area contributed by atoms with Gasteiger partial charge in [-0.3, -0.25) is 4.79 Å². The van der Waals surface area contributed by atoms with E-state index in [-0.39, 0.29) is 22.8 Å². The van der Waals surface area contributed by atoms with Gasteiger partial charge in [0.25, 0.3) is 5.91 Å². The molecule has 1 fully saturated rings. The minimum Gasteiger partial charge on any atom is -0.348 e. The van der Waals surface area contributed by atoms with Gasteiger partial charge in [-0.05, 0) is 23.0 Å². The first-order chi connectivity index (χ1) is 7.76. The van der Waals surface area contributed by atoms with E-state index in [0.717, 1.165) is 0 Å². The minimum atomic E-state index is -0.0854. The highest BCUT2D eigenvalue weighted by Crippen LogP contribution is 2.62. The summed E-state index contributed by atoms with van der Waals surface area (Å²) in [6, 6.07) is 3.52. The van der Waals surface area contributed by atoms with E-state index in [0.29, 0.717) is 10.7 Å². The van der Waals surface area contributed by atoms with Crippen molar-refractivity contribution in [1.29, 1.82) is 0 Å². The third kappa shape index (κ3) is 1.93. The summed E-state index contributed by atoms with van der Waals surface area (Å²) >= 11 is 5.68. The maximum atomic E-state index is 12.0. The molecule has 2 rings (SSSR count). The summed E-state index contributed by atoms with van der Waals surface area (Å²) in [7, 11) is 0. The number of aromatic nitrogens is 1. The quantitative estimate of drug-likeness (QED) is 0.823. The standard InChI is InChI=1S/C13H17ClN2O/c1-12(2)11(13(12,3)4)16-10(17)8-5-6-9(14)15-7-8/h5-7,11H,1-4H3,(H,16,17). The molecule has 1 N–H and O–H groups in total. The molecule has 1 amide bonds. The molecule has 4 heteroatoms. The highest BCUT2D eigenvalue weighted by atomic mass is 35.5. The second-order valence-corrected chi connectivity index (χ2v) is 6.11. The van der Waals surface area contributed by atoms with Crippen LogP contribution in [0.15, 0.2) is 18.3 Å². The lowest BCUT2D eigenvalue weighted by Gasteiger charge is -2.06. The Morgan fingerprint density at radius 3 is 2.29 bits per heavy atom. The molecule has 1 aromatic rings. The highest BCUT2D eigenvalue weighted by Gasteiger charge is 2.65. The van der Waals surface area contributed by atoms with Gasteiger partial charge in [-0.1, -0.05) is 39.3 Å². The number of nitrogens with zero attached hydrogens (tertiary/aromatic N) is 1. The molecule has 0 unspecified atom stereocenters. The average Bonchev–Trinajstić information content (AvgIpc) is 2.62. The molecular weight excluding hydrogens is 236 g/mol. The van der Waals surface area contributed by atoms with Crippen molar-refractivity contribution in [3.05, 3.63) is 29.0 Å². The van der Waals surface area contributed by atoms with E-state index in [1.807, 2.05) is 0 Å². The van der Waals surface area contributed by atoms with Gasteiger partial charge in [0.15, 0.2) is 0 Å². The van der Waals surface area contributed by atoms with Crippen molar-refractivity contribution >= 4 is 17.5 Å². The van der Waals surface area contributed by atoms with Crippen LogP contribution in [0.1, 0.15) is 38.1 Å². The molecular formula is C13H17ClN2O. The lowest BCUT2D eigenvalue weighted by molar-refractivity contribution is 0.0943. The van der Waals surface area contributed by atoms with E-state index >= 15 is 0 Å². The van der Waals surface area contributed by atoms with Gasteiger partial charge in [0.1, 0.15) is 5.15 Å². The Labute approximate surface area is 107 Å². The van der Waals surface area contributed by atoms with Crippen molar-refractivity contribution in [3.8, 4) is 0 Å². The van der Waals surface area contributed by atoms with Crippen LogP contribution in [0.25, 0.3) is 0 Å². The first kappa shape index (κ1) is 12.4. The number of hydrogen-bond donors (Lipinski definition) is 1. The van der Waals surface area contributed by atoms with Crippen LogP contribution >= 0.6 is 11.6 Å². The van der Waals surface area contributed by atoms with Crippen LogP contribution < -0.4 is 5.32 Å². The van der Waals surface area contributed by atoms with Crippen molar-refractivity contribution in [1.82, 2.24) is 10.3 Å². The molecule has 0 radical (unpaired) electrons. The van der Waals surface area contributed by atoms with Crippen LogP contribution in [-0.4, -0.2) is 16.9 Å². The number of rotatable bonds is 2. The fourth-order valence-corrected chi connectivity index (χ4v) is 2.39. The van der Waals surface area contributed by atoms with Crippen LogP contribution in [0.2, 0.25) is 5.15 Å². The number of amides is 1. The number of carbonyl (C=O) groups excluding carboxylic acids is 1. The molecule has 1 aromatic heterocycles. The Morgan fingerprint density at radius 1 is 1.29 bits per heavy atom. The Bertz CT molecular complexity index is 437. The van der Waals surface area contributed by atoms with Crippen LogP contribution in [0, 0.1) is 10.8 Å². The summed E-state index contributed by atoms with van der Waals surface area (Å²) in [5.41, 5.74) is 0.832. The smallest absolute Gasteiger partial charge is 0.253 e. The fourth-order valence-electron chi connectivity index (χ4n) is 2.28. The van der Waals surface area contributed by atoms with Gasteiger partial charge in [0.2, 0.25) is 0 Å². The predicted molar refractivity (Wildman–Crippen MR) is 68.1 cm³/mol. The van der Waals surface area contributed by atoms with Crippen molar-refractivity contribution < 1.29 is 4.79 Å². The summed E-state index contributed by atoms with van der Waals surface area (Å²) < 4.78 is 0. The maximum Gasteiger partial charge on any atom is 0.253 e. The van der Waals surface area contributed by atoms with Crippen LogP contribution in [0.4, 0.5) is 0 Å². The molecule has 3 nitrogen and oxygen atoms in total. The van der Waals surface area contributed by atoms with Crippen molar-refractivity contribution in [2.45, 2.75) is 33.7 Å². The Balaban J connectivity index is 2.07. The van der Waals surface area contributed by atoms with Gasteiger partial charge in [-0.25, -0.2) is 4.98 Å². The van der Waals surface area contributed by atoms with E-state index in [9.17, 15) is 4.79 Å². The lowest BCUT2D eigenvalue weighted by atomic mass is 10.0. The normalized spacial score (nSPS) is 21.0. The summed E-state index contributed by atoms with van der Waals surface area (Å²) in [4.78, 5) is 15.9. The van der Waals surface area contributed by atoms with Gasteiger partial charge in [0, 0.05) is 12.2 Å². The molecule has 0 atom stereocenters. The zero-order valence-corrected chi connectivity index (χ0v) is 11.3. The monoisotopic (exact) mass is 252 g/mol. The lowest BCUT2D eigenvalue weighted by Crippen LogP contribution is -2.29. The summed E-state index contributed by atoms with van der Waals surface area (Å²) in [6.07, 6.45) is 1.50. The Morgan fingerprint density at radius 2 is 1.88 bits per heavy atom. The van der Waals surface area contributed by atoms with E-state index in [2.05, 4.69) is 38.0 Å². The Kier molecular flexibility index (Phi) is 2.69. The van der Waals surface area contributed by atoms with Gasteiger partial charge >= 0.3 is 0 Å². The summed E-state index contributed by atoms with van der Waals surface area (Å²) in [6.45, 7) is 8.66. The van der Waals surface area contributed by atoms with E-state index in [4.69, 9.17) is 11.6 Å². The van der Waals surface area contributed by atoms with E-state index < -0.39 is 0 Å². The number of hydrogen-bond acceptors (Lipinski definition) is 2. The number of pyridine rings is 1. The maximum absolute atomic E-state index is 12.0. The zero-order chi connectivity index (χ0) is 12.8. The molecule has 0 bridgehead atoms. The summed E-state index contributed by atoms with van der Waals surface area (Å²) in [5, 5.41) is 3.45. The van der Waals surface area contributed by atoms with Gasteiger partial charge in [-0.15, -0.1) is 0 Å². The molecule has 0 aromatic carbocycles. The summed E-state index contributed by atoms with van der Waals surface area (Å²) in [5.74, 6) is -0.0854. The van der Waals surface area contributed by atoms with Crippen molar-refractivity contribution in [3.63, 3.8) is 0 Å². The Hall–Kier alpha value is -1.09. The average molecular weight is 253 g/mol. The number of halogens is 1. The molecule has 92 valence electrons. The molecule has 1 aliphatic rings. The molecule has 1 aliphatic carbocycles. The van der Waals surface area contributed by atoms with Crippen molar-refractivity contribution in [2.75, 3.05) is 0 Å². The fraction of sp³-hybridized carbons (Fsp3) is 0.538. The third-order valence-corrected chi connectivity index (χ3v) is 4.51.